The number of hydrogen-bond donors (Lipinski definition) is 1. The highest BCUT2D eigenvalue weighted by molar-refractivity contribution is 7.89. The van der Waals surface area contributed by atoms with Gasteiger partial charge in [-0.1, -0.05) is 6.07 Å². The van der Waals surface area contributed by atoms with Crippen molar-refractivity contribution in [2.45, 2.75) is 4.90 Å². The van der Waals surface area contributed by atoms with Crippen LogP contribution in [0.25, 0.3) is 0 Å². The Morgan fingerprint density at radius 3 is 2.52 bits per heavy atom. The zero-order valence-corrected chi connectivity index (χ0v) is 12.2. The van der Waals surface area contributed by atoms with Gasteiger partial charge in [0.25, 0.3) is 0 Å². The van der Waals surface area contributed by atoms with E-state index in [0.29, 0.717) is 19.6 Å². The molecule has 0 aromatic heterocycles. The molecule has 8 heteroatoms. The fraction of sp³-hybridized carbons (Fsp3) is 0.462. The number of piperazine rings is 1. The fourth-order valence-corrected chi connectivity index (χ4v) is 3.88. The highest BCUT2D eigenvalue weighted by atomic mass is 32.2. The number of nitriles is 1. The van der Waals surface area contributed by atoms with Crippen molar-refractivity contribution in [1.29, 1.82) is 5.26 Å². The number of β-amino-alcohol motifs (C(OH)–C–C–N with tert-alkyl or cyclic N) is 1. The topological polar surface area (TPSA) is 84.6 Å². The predicted octanol–water partition coefficient (Wildman–Crippen LogP) is -0.00402. The Bertz CT molecular complexity index is 649. The van der Waals surface area contributed by atoms with E-state index in [9.17, 15) is 12.8 Å². The quantitative estimate of drug-likeness (QED) is 0.845. The molecular formula is C13H16FN3O3S. The lowest BCUT2D eigenvalue weighted by atomic mass is 10.2. The highest BCUT2D eigenvalue weighted by Crippen LogP contribution is 2.23. The second-order valence-corrected chi connectivity index (χ2v) is 6.60. The summed E-state index contributed by atoms with van der Waals surface area (Å²) in [4.78, 5) is 1.66. The smallest absolute Gasteiger partial charge is 0.244 e. The first-order valence-corrected chi connectivity index (χ1v) is 7.96. The molecule has 6 nitrogen and oxygen atoms in total. The average Bonchev–Trinajstić information content (AvgIpc) is 2.48. The van der Waals surface area contributed by atoms with E-state index in [4.69, 9.17) is 10.4 Å². The monoisotopic (exact) mass is 313 g/mol. The minimum atomic E-state index is -3.88. The number of rotatable bonds is 4. The minimum absolute atomic E-state index is 0.0230. The Kier molecular flexibility index (Phi) is 4.90. The molecule has 0 aliphatic carbocycles. The van der Waals surface area contributed by atoms with Crippen molar-refractivity contribution in [3.63, 3.8) is 0 Å². The molecule has 1 aliphatic heterocycles. The average molecular weight is 313 g/mol. The minimum Gasteiger partial charge on any atom is -0.395 e. The third kappa shape index (κ3) is 3.22. The summed E-state index contributed by atoms with van der Waals surface area (Å²) < 4.78 is 39.9. The zero-order chi connectivity index (χ0) is 15.5. The molecule has 1 heterocycles. The summed E-state index contributed by atoms with van der Waals surface area (Å²) in [6.45, 7) is 2.02. The van der Waals surface area contributed by atoms with E-state index in [0.717, 1.165) is 6.07 Å². The summed E-state index contributed by atoms with van der Waals surface area (Å²) in [5.41, 5.74) is -0.449. The van der Waals surface area contributed by atoms with Gasteiger partial charge in [-0.2, -0.15) is 9.57 Å². The Morgan fingerprint density at radius 1 is 1.29 bits per heavy atom. The van der Waals surface area contributed by atoms with Gasteiger partial charge in [0.05, 0.1) is 6.61 Å². The second-order valence-electron chi connectivity index (χ2n) is 4.69. The number of hydrogen-bond acceptors (Lipinski definition) is 5. The van der Waals surface area contributed by atoms with Crippen LogP contribution in [0.3, 0.4) is 0 Å². The molecule has 1 aromatic rings. The van der Waals surface area contributed by atoms with Crippen LogP contribution in [0.5, 0.6) is 0 Å². The lowest BCUT2D eigenvalue weighted by molar-refractivity contribution is 0.151. The van der Waals surface area contributed by atoms with Crippen LogP contribution in [0.2, 0.25) is 0 Å². The maximum Gasteiger partial charge on any atom is 0.244 e. The molecular weight excluding hydrogens is 297 g/mol. The van der Waals surface area contributed by atoms with Gasteiger partial charge in [-0.3, -0.25) is 4.90 Å². The van der Waals surface area contributed by atoms with Gasteiger partial charge in [-0.05, 0) is 12.1 Å². The molecule has 0 unspecified atom stereocenters. The van der Waals surface area contributed by atoms with E-state index in [1.54, 1.807) is 6.07 Å². The normalized spacial score (nSPS) is 17.6. The molecule has 0 amide bonds. The first kappa shape index (κ1) is 15.9. The van der Waals surface area contributed by atoms with Crippen LogP contribution in [0.4, 0.5) is 4.39 Å². The van der Waals surface area contributed by atoms with Crippen LogP contribution < -0.4 is 0 Å². The first-order valence-electron chi connectivity index (χ1n) is 6.52. The number of sulfonamides is 1. The molecule has 2 rings (SSSR count). The van der Waals surface area contributed by atoms with Gasteiger partial charge in [-0.25, -0.2) is 12.8 Å². The largest absolute Gasteiger partial charge is 0.395 e. The summed E-state index contributed by atoms with van der Waals surface area (Å²) >= 11 is 0. The number of nitrogens with zero attached hydrogens (tertiary/aromatic N) is 3. The summed E-state index contributed by atoms with van der Waals surface area (Å²) in [6.07, 6.45) is 0. The predicted molar refractivity (Wildman–Crippen MR) is 73.4 cm³/mol. The van der Waals surface area contributed by atoms with E-state index < -0.39 is 21.4 Å². The van der Waals surface area contributed by atoms with Crippen molar-refractivity contribution in [3.05, 3.63) is 29.6 Å². The molecule has 0 atom stereocenters. The molecule has 1 fully saturated rings. The Labute approximate surface area is 123 Å². The Balaban J connectivity index is 2.25. The van der Waals surface area contributed by atoms with E-state index in [1.165, 1.54) is 16.4 Å². The number of benzene rings is 1. The van der Waals surface area contributed by atoms with Crippen molar-refractivity contribution in [2.24, 2.45) is 0 Å². The molecule has 0 bridgehead atoms. The van der Waals surface area contributed by atoms with Crippen LogP contribution in [-0.4, -0.2) is 62.1 Å². The van der Waals surface area contributed by atoms with E-state index in [2.05, 4.69) is 0 Å². The third-order valence-electron chi connectivity index (χ3n) is 3.45. The molecule has 21 heavy (non-hydrogen) atoms. The molecule has 1 N–H and O–H groups in total. The van der Waals surface area contributed by atoms with Crippen LogP contribution >= 0.6 is 0 Å². The van der Waals surface area contributed by atoms with Gasteiger partial charge >= 0.3 is 0 Å². The second kappa shape index (κ2) is 6.49. The van der Waals surface area contributed by atoms with Gasteiger partial charge in [0.15, 0.2) is 0 Å². The molecule has 114 valence electrons. The van der Waals surface area contributed by atoms with Crippen LogP contribution in [-0.2, 0) is 10.0 Å². The van der Waals surface area contributed by atoms with E-state index >= 15 is 0 Å². The first-order chi connectivity index (χ1) is 10.0. The van der Waals surface area contributed by atoms with Crippen molar-refractivity contribution in [1.82, 2.24) is 9.21 Å². The van der Waals surface area contributed by atoms with Crippen molar-refractivity contribution < 1.29 is 17.9 Å². The van der Waals surface area contributed by atoms with Crippen molar-refractivity contribution in [3.8, 4) is 6.07 Å². The summed E-state index contributed by atoms with van der Waals surface area (Å²) in [5.74, 6) is -0.836. The van der Waals surface area contributed by atoms with Gasteiger partial charge in [0.2, 0.25) is 10.0 Å². The molecule has 0 spiro atoms. The zero-order valence-electron chi connectivity index (χ0n) is 11.4. The van der Waals surface area contributed by atoms with Crippen molar-refractivity contribution >= 4 is 10.0 Å². The van der Waals surface area contributed by atoms with Crippen LogP contribution in [0, 0.1) is 17.1 Å². The summed E-state index contributed by atoms with van der Waals surface area (Å²) in [6, 6.07) is 5.21. The Hall–Kier alpha value is -1.53. The SMILES string of the molecule is N#Cc1c(F)cccc1S(=O)(=O)N1CCN(CCO)CC1. The van der Waals surface area contributed by atoms with Gasteiger partial charge in [0, 0.05) is 32.7 Å². The fourth-order valence-electron chi connectivity index (χ4n) is 2.30. The van der Waals surface area contributed by atoms with Gasteiger partial charge in [0.1, 0.15) is 22.3 Å². The van der Waals surface area contributed by atoms with Gasteiger partial charge in [-0.15, -0.1) is 0 Å². The standard InChI is InChI=1S/C13H16FN3O3S/c14-12-2-1-3-13(11(12)10-15)21(19,20)17-6-4-16(5-7-17)8-9-18/h1-3,18H,4-9H2. The van der Waals surface area contributed by atoms with Crippen LogP contribution in [0.15, 0.2) is 23.1 Å². The highest BCUT2D eigenvalue weighted by Gasteiger charge is 2.31. The maximum absolute atomic E-state index is 13.6. The van der Waals surface area contributed by atoms with Crippen molar-refractivity contribution in [2.75, 3.05) is 39.3 Å². The Morgan fingerprint density at radius 2 is 1.95 bits per heavy atom. The number of aliphatic hydroxyl groups excluding tert-OH is 1. The van der Waals surface area contributed by atoms with Gasteiger partial charge < -0.3 is 5.11 Å². The molecule has 1 aromatic carbocycles. The molecule has 0 radical (unpaired) electrons. The molecule has 1 saturated heterocycles. The lowest BCUT2D eigenvalue weighted by Crippen LogP contribution is -2.49. The molecule has 1 aliphatic rings. The summed E-state index contributed by atoms with van der Waals surface area (Å²) in [7, 11) is -3.88. The number of halogens is 1. The molecule has 0 saturated carbocycles. The summed E-state index contributed by atoms with van der Waals surface area (Å²) in [5, 5.41) is 17.8. The van der Waals surface area contributed by atoms with E-state index in [1.807, 2.05) is 4.90 Å². The maximum atomic E-state index is 13.6. The van der Waals surface area contributed by atoms with E-state index in [-0.39, 0.29) is 24.6 Å². The lowest BCUT2D eigenvalue weighted by Gasteiger charge is -2.33. The van der Waals surface area contributed by atoms with Crippen LogP contribution in [0.1, 0.15) is 5.56 Å². The third-order valence-corrected chi connectivity index (χ3v) is 5.39. The number of aliphatic hydroxyl groups is 1.